The van der Waals surface area contributed by atoms with Gasteiger partial charge in [0, 0.05) is 5.71 Å². The molecule has 0 saturated heterocycles. The molecule has 5 heteroatoms. The van der Waals surface area contributed by atoms with Gasteiger partial charge in [-0.2, -0.15) is 0 Å². The fourth-order valence-corrected chi connectivity index (χ4v) is 5.85. The van der Waals surface area contributed by atoms with Gasteiger partial charge in [0.25, 0.3) is 0 Å². The van der Waals surface area contributed by atoms with Crippen molar-refractivity contribution in [2.45, 2.75) is 135 Å². The third-order valence-corrected chi connectivity index (χ3v) is 8.35. The molecule has 5 nitrogen and oxygen atoms in total. The van der Waals surface area contributed by atoms with E-state index in [1.54, 1.807) is 13.0 Å². The zero-order valence-corrected chi connectivity index (χ0v) is 21.6. The zero-order chi connectivity index (χ0) is 24.5. The highest BCUT2D eigenvalue weighted by atomic mass is 16.4. The molecule has 190 valence electrons. The second-order valence-electron chi connectivity index (χ2n) is 11.3. The Morgan fingerprint density at radius 3 is 2.06 bits per heavy atom. The van der Waals surface area contributed by atoms with Gasteiger partial charge < -0.3 is 15.3 Å². The van der Waals surface area contributed by atoms with Gasteiger partial charge in [0.05, 0.1) is 0 Å². The lowest BCUT2D eigenvalue weighted by molar-refractivity contribution is -0.141. The minimum atomic E-state index is -1.26. The van der Waals surface area contributed by atoms with E-state index in [4.69, 9.17) is 0 Å². The van der Waals surface area contributed by atoms with Crippen molar-refractivity contribution in [3.05, 3.63) is 12.2 Å². The Hall–Kier alpha value is -1.20. The van der Waals surface area contributed by atoms with Crippen LogP contribution in [0.15, 0.2) is 17.1 Å². The maximum atomic E-state index is 11.8. The molecule has 0 heterocycles. The summed E-state index contributed by atoms with van der Waals surface area (Å²) in [6.07, 6.45) is 18.9. The fourth-order valence-electron chi connectivity index (χ4n) is 5.85. The highest BCUT2D eigenvalue weighted by Gasteiger charge is 2.61. The second-order valence-corrected chi connectivity index (χ2v) is 11.3. The number of carbonyl (C=O) groups is 1. The number of aliphatic imine (C=N–C) groups is 1. The van der Waals surface area contributed by atoms with E-state index in [2.05, 4.69) is 25.8 Å². The Labute approximate surface area is 201 Å². The van der Waals surface area contributed by atoms with E-state index < -0.39 is 23.7 Å². The van der Waals surface area contributed by atoms with Crippen LogP contribution in [-0.4, -0.2) is 44.7 Å². The normalized spacial score (nSPS) is 29.2. The van der Waals surface area contributed by atoms with Crippen LogP contribution in [0.2, 0.25) is 0 Å². The molecule has 5 atom stereocenters. The van der Waals surface area contributed by atoms with Gasteiger partial charge in [0.15, 0.2) is 6.04 Å². The van der Waals surface area contributed by atoms with Crippen molar-refractivity contribution >= 4 is 11.7 Å². The third-order valence-electron chi connectivity index (χ3n) is 8.35. The van der Waals surface area contributed by atoms with Crippen molar-refractivity contribution in [1.29, 1.82) is 0 Å². The number of hydrogen-bond acceptors (Lipinski definition) is 4. The zero-order valence-electron chi connectivity index (χ0n) is 21.6. The summed E-state index contributed by atoms with van der Waals surface area (Å²) in [5, 5.41) is 31.2. The first-order valence-corrected chi connectivity index (χ1v) is 13.5. The van der Waals surface area contributed by atoms with Gasteiger partial charge in [0.2, 0.25) is 0 Å². The Morgan fingerprint density at radius 1 is 1.03 bits per heavy atom. The maximum Gasteiger partial charge on any atom is 0.331 e. The van der Waals surface area contributed by atoms with Gasteiger partial charge in [-0.25, -0.2) is 4.79 Å². The summed E-state index contributed by atoms with van der Waals surface area (Å²) in [6, 6.07) is -1.26. The molecule has 0 spiro atoms. The van der Waals surface area contributed by atoms with E-state index in [-0.39, 0.29) is 11.3 Å². The molecule has 0 amide bonds. The van der Waals surface area contributed by atoms with Crippen LogP contribution >= 0.6 is 0 Å². The van der Waals surface area contributed by atoms with Crippen LogP contribution in [0.25, 0.3) is 0 Å². The van der Waals surface area contributed by atoms with Crippen molar-refractivity contribution < 1.29 is 20.1 Å². The van der Waals surface area contributed by atoms with E-state index in [0.29, 0.717) is 18.1 Å². The predicted octanol–water partition coefficient (Wildman–Crippen LogP) is 6.32. The van der Waals surface area contributed by atoms with Crippen molar-refractivity contribution in [2.75, 3.05) is 0 Å². The number of aliphatic hydroxyl groups is 2. The number of aliphatic carboxylic acids is 1. The Bertz CT molecular complexity index is 667. The molecule has 3 aliphatic carbocycles. The first-order valence-electron chi connectivity index (χ1n) is 13.5. The number of nitrogens with zero attached hydrogens (tertiary/aromatic N) is 1. The van der Waals surface area contributed by atoms with Crippen LogP contribution in [0.4, 0.5) is 0 Å². The lowest BCUT2D eigenvalue weighted by Gasteiger charge is -2.62. The largest absolute Gasteiger partial charge is 0.480 e. The summed E-state index contributed by atoms with van der Waals surface area (Å²) in [4.78, 5) is 16.2. The predicted molar refractivity (Wildman–Crippen MR) is 136 cm³/mol. The van der Waals surface area contributed by atoms with Gasteiger partial charge in [-0.3, -0.25) is 4.99 Å². The second kappa shape index (κ2) is 13.0. The number of rotatable bonds is 16. The number of carboxylic acid groups (broad SMARTS) is 1. The van der Waals surface area contributed by atoms with Crippen LogP contribution in [0, 0.1) is 17.3 Å². The SMILES string of the molecule is CCCCCCCCCCCCC/C=C/[C@H](O)[C@@H](N=C1CC2CC(C2(C)C)[C@@]1(C)O)C(=O)O. The van der Waals surface area contributed by atoms with Crippen molar-refractivity contribution in [2.24, 2.45) is 22.2 Å². The molecule has 2 unspecified atom stereocenters. The van der Waals surface area contributed by atoms with E-state index in [1.165, 1.54) is 64.2 Å². The van der Waals surface area contributed by atoms with Crippen molar-refractivity contribution in [3.63, 3.8) is 0 Å². The Balaban J connectivity index is 1.69. The van der Waals surface area contributed by atoms with E-state index in [0.717, 1.165) is 19.3 Å². The van der Waals surface area contributed by atoms with Crippen molar-refractivity contribution in [3.8, 4) is 0 Å². The molecule has 0 aromatic carbocycles. The monoisotopic (exact) mass is 463 g/mol. The van der Waals surface area contributed by atoms with Gasteiger partial charge in [0.1, 0.15) is 11.7 Å². The molecule has 3 rings (SSSR count). The summed E-state index contributed by atoms with van der Waals surface area (Å²) in [5.41, 5.74) is -0.521. The average molecular weight is 464 g/mol. The number of unbranched alkanes of at least 4 members (excludes halogenated alkanes) is 11. The minimum absolute atomic E-state index is 0.0500. The van der Waals surface area contributed by atoms with E-state index >= 15 is 0 Å². The van der Waals surface area contributed by atoms with Crippen LogP contribution in [0.3, 0.4) is 0 Å². The van der Waals surface area contributed by atoms with Crippen LogP contribution in [-0.2, 0) is 4.79 Å². The van der Waals surface area contributed by atoms with Crippen LogP contribution in [0.1, 0.15) is 118 Å². The van der Waals surface area contributed by atoms with E-state index in [9.17, 15) is 20.1 Å². The molecule has 33 heavy (non-hydrogen) atoms. The number of hydrogen-bond donors (Lipinski definition) is 3. The quantitative estimate of drug-likeness (QED) is 0.185. The maximum absolute atomic E-state index is 11.8. The van der Waals surface area contributed by atoms with Crippen LogP contribution < -0.4 is 0 Å². The molecule has 0 aliphatic heterocycles. The lowest BCUT2D eigenvalue weighted by Crippen LogP contribution is -2.65. The first-order chi connectivity index (χ1) is 15.6. The molecule has 3 saturated carbocycles. The molecule has 3 aliphatic rings. The fraction of sp³-hybridized carbons (Fsp3) is 0.857. The molecule has 0 aromatic heterocycles. The average Bonchev–Trinajstić information content (AvgIpc) is 2.74. The standard InChI is InChI=1S/C28H49NO4/c1-5-6-7-8-9-10-11-12-13-14-15-16-17-18-22(30)25(26(31)32)29-24-20-21-19-23(27(21,2)3)28(24,4)33/h17-18,21-23,25,30,33H,5-16,19-20H2,1-4H3,(H,31,32)/b18-17+,29-24?/t21?,22-,23?,25+,28+/m0/s1. The van der Waals surface area contributed by atoms with Gasteiger partial charge in [-0.15, -0.1) is 0 Å². The number of aliphatic hydroxyl groups excluding tert-OH is 1. The summed E-state index contributed by atoms with van der Waals surface area (Å²) >= 11 is 0. The number of fused-ring (bicyclic) bond motifs is 2. The van der Waals surface area contributed by atoms with Gasteiger partial charge >= 0.3 is 5.97 Å². The number of carboxylic acids is 1. The Kier molecular flexibility index (Phi) is 11.1. The molecule has 0 aromatic rings. The van der Waals surface area contributed by atoms with Crippen molar-refractivity contribution in [1.82, 2.24) is 0 Å². The molecule has 3 N–H and O–H groups in total. The molecule has 2 bridgehead atoms. The highest BCUT2D eigenvalue weighted by molar-refractivity contribution is 5.96. The molecular formula is C28H49NO4. The summed E-state index contributed by atoms with van der Waals surface area (Å²) in [6.45, 7) is 8.33. The summed E-state index contributed by atoms with van der Waals surface area (Å²) < 4.78 is 0. The summed E-state index contributed by atoms with van der Waals surface area (Å²) in [7, 11) is 0. The lowest BCUT2D eigenvalue weighted by atomic mass is 9.44. The topological polar surface area (TPSA) is 90.1 Å². The molecule has 3 fully saturated rings. The third kappa shape index (κ3) is 7.65. The first kappa shape index (κ1) is 28.0. The van der Waals surface area contributed by atoms with Gasteiger partial charge in [-0.1, -0.05) is 97.1 Å². The minimum Gasteiger partial charge on any atom is -0.480 e. The van der Waals surface area contributed by atoms with Crippen LogP contribution in [0.5, 0.6) is 0 Å². The summed E-state index contributed by atoms with van der Waals surface area (Å²) in [5.74, 6) is -0.640. The Morgan fingerprint density at radius 2 is 1.58 bits per heavy atom. The van der Waals surface area contributed by atoms with Gasteiger partial charge in [-0.05, 0) is 49.9 Å². The smallest absolute Gasteiger partial charge is 0.331 e. The molecular weight excluding hydrogens is 414 g/mol. The number of allylic oxidation sites excluding steroid dienone is 1. The molecule has 0 radical (unpaired) electrons. The van der Waals surface area contributed by atoms with E-state index in [1.807, 2.05) is 6.08 Å². The highest BCUT2D eigenvalue weighted by Crippen LogP contribution is 2.61.